The van der Waals surface area contributed by atoms with Crippen molar-refractivity contribution in [2.45, 2.75) is 32.4 Å². The van der Waals surface area contributed by atoms with E-state index in [1.165, 1.54) is 6.92 Å². The van der Waals surface area contributed by atoms with E-state index in [0.717, 1.165) is 12.8 Å². The van der Waals surface area contributed by atoms with Crippen molar-refractivity contribution in [2.24, 2.45) is 0 Å². The molecule has 4 heteroatoms. The molecule has 1 atom stereocenters. The van der Waals surface area contributed by atoms with Gasteiger partial charge in [-0.25, -0.2) is 9.78 Å². The monoisotopic (exact) mass is 173 g/mol. The maximum Gasteiger partial charge on any atom is 0.221 e. The lowest BCUT2D eigenvalue weighted by molar-refractivity contribution is -0.405. The van der Waals surface area contributed by atoms with Crippen LogP contribution in [0.4, 0.5) is 0 Å². The molecule has 0 bridgehead atoms. The summed E-state index contributed by atoms with van der Waals surface area (Å²) >= 11 is 0. The van der Waals surface area contributed by atoms with Gasteiger partial charge in [-0.3, -0.25) is 4.79 Å². The van der Waals surface area contributed by atoms with E-state index in [0.29, 0.717) is 6.61 Å². The van der Waals surface area contributed by atoms with Gasteiger partial charge in [0.2, 0.25) is 5.91 Å². The summed E-state index contributed by atoms with van der Waals surface area (Å²) in [5.74, 6) is -0.0111. The molecule has 1 heterocycles. The number of hydrogen-bond acceptors (Lipinski definition) is 3. The van der Waals surface area contributed by atoms with Crippen molar-refractivity contribution >= 4 is 5.91 Å². The van der Waals surface area contributed by atoms with Crippen LogP contribution in [0.3, 0.4) is 0 Å². The summed E-state index contributed by atoms with van der Waals surface area (Å²) in [5, 5.41) is 0. The topological polar surface area (TPSA) is 38.8 Å². The average molecular weight is 173 g/mol. The van der Waals surface area contributed by atoms with E-state index in [-0.39, 0.29) is 5.91 Å². The Labute approximate surface area is 72.4 Å². The van der Waals surface area contributed by atoms with Gasteiger partial charge in [-0.05, 0) is 13.3 Å². The molecule has 0 saturated carbocycles. The molecule has 0 aliphatic carbocycles. The first-order valence-electron chi connectivity index (χ1n) is 4.11. The summed E-state index contributed by atoms with van der Waals surface area (Å²) in [5.41, 5.74) is -0.579. The summed E-state index contributed by atoms with van der Waals surface area (Å²) in [7, 11) is 1.72. The Morgan fingerprint density at radius 3 is 2.67 bits per heavy atom. The molecular formula is C8H15NO3. The Morgan fingerprint density at radius 2 is 2.25 bits per heavy atom. The van der Waals surface area contributed by atoms with Crippen molar-refractivity contribution < 1.29 is 14.6 Å². The van der Waals surface area contributed by atoms with Gasteiger partial charge in [0.25, 0.3) is 0 Å². The minimum Gasteiger partial charge on any atom is -0.315 e. The third-order valence-electron chi connectivity index (χ3n) is 2.29. The van der Waals surface area contributed by atoms with Crippen molar-refractivity contribution in [2.75, 3.05) is 13.7 Å². The summed E-state index contributed by atoms with van der Waals surface area (Å²) in [6.45, 7) is 3.98. The van der Waals surface area contributed by atoms with Gasteiger partial charge in [-0.1, -0.05) is 0 Å². The Morgan fingerprint density at radius 1 is 1.58 bits per heavy atom. The van der Waals surface area contributed by atoms with E-state index in [9.17, 15) is 4.79 Å². The molecule has 0 aromatic rings. The van der Waals surface area contributed by atoms with Gasteiger partial charge in [0, 0.05) is 20.4 Å². The van der Waals surface area contributed by atoms with Crippen LogP contribution in [0.2, 0.25) is 0 Å². The molecule has 1 saturated heterocycles. The number of carbonyl (C=O) groups excluding carboxylic acids is 1. The molecule has 1 rings (SSSR count). The summed E-state index contributed by atoms with van der Waals surface area (Å²) < 4.78 is 0. The van der Waals surface area contributed by atoms with Crippen LogP contribution in [-0.4, -0.2) is 30.2 Å². The zero-order valence-corrected chi connectivity index (χ0v) is 7.79. The quantitative estimate of drug-likeness (QED) is 0.553. The van der Waals surface area contributed by atoms with E-state index in [4.69, 9.17) is 9.78 Å². The Bertz CT molecular complexity index is 175. The second-order valence-electron chi connectivity index (χ2n) is 3.26. The molecule has 1 unspecified atom stereocenters. The van der Waals surface area contributed by atoms with Crippen LogP contribution in [0.1, 0.15) is 26.7 Å². The van der Waals surface area contributed by atoms with E-state index in [1.807, 2.05) is 6.92 Å². The molecular weight excluding hydrogens is 158 g/mol. The van der Waals surface area contributed by atoms with Crippen molar-refractivity contribution in [1.82, 2.24) is 4.90 Å². The molecule has 0 aromatic heterocycles. The lowest BCUT2D eigenvalue weighted by Crippen LogP contribution is -2.50. The first-order valence-corrected chi connectivity index (χ1v) is 4.11. The fourth-order valence-electron chi connectivity index (χ4n) is 1.23. The van der Waals surface area contributed by atoms with Crippen LogP contribution in [0.15, 0.2) is 0 Å². The van der Waals surface area contributed by atoms with Gasteiger partial charge < -0.3 is 4.90 Å². The molecule has 1 aliphatic heterocycles. The van der Waals surface area contributed by atoms with Crippen LogP contribution in [-0.2, 0) is 14.6 Å². The molecule has 0 radical (unpaired) electrons. The molecule has 0 spiro atoms. The first kappa shape index (κ1) is 9.48. The average Bonchev–Trinajstić information content (AvgIpc) is 2.04. The van der Waals surface area contributed by atoms with Crippen molar-refractivity contribution in [3.05, 3.63) is 0 Å². The molecule has 70 valence electrons. The maximum absolute atomic E-state index is 11.0. The van der Waals surface area contributed by atoms with Crippen LogP contribution in [0.5, 0.6) is 0 Å². The second-order valence-corrected chi connectivity index (χ2v) is 3.26. The highest BCUT2D eigenvalue weighted by atomic mass is 17.2. The number of hydrogen-bond donors (Lipinski definition) is 0. The smallest absolute Gasteiger partial charge is 0.221 e. The standard InChI is InChI=1S/C8H15NO3/c1-7(10)9(3)8(2)5-4-6-11-12-8/h4-6H2,1-3H3. The molecule has 1 aliphatic rings. The number of carbonyl (C=O) groups is 1. The highest BCUT2D eigenvalue weighted by molar-refractivity contribution is 5.73. The molecule has 1 fully saturated rings. The molecule has 0 N–H and O–H groups in total. The fourth-order valence-corrected chi connectivity index (χ4v) is 1.23. The summed E-state index contributed by atoms with van der Waals surface area (Å²) in [4.78, 5) is 22.6. The van der Waals surface area contributed by atoms with Crippen molar-refractivity contribution in [3.63, 3.8) is 0 Å². The van der Waals surface area contributed by atoms with Gasteiger partial charge in [0.15, 0.2) is 5.72 Å². The van der Waals surface area contributed by atoms with E-state index in [2.05, 4.69) is 0 Å². The van der Waals surface area contributed by atoms with Gasteiger partial charge in [-0.2, -0.15) is 0 Å². The van der Waals surface area contributed by atoms with Crippen molar-refractivity contribution in [1.29, 1.82) is 0 Å². The molecule has 1 amide bonds. The van der Waals surface area contributed by atoms with E-state index < -0.39 is 5.72 Å². The largest absolute Gasteiger partial charge is 0.315 e. The van der Waals surface area contributed by atoms with Gasteiger partial charge >= 0.3 is 0 Å². The Balaban J connectivity index is 2.62. The lowest BCUT2D eigenvalue weighted by atomic mass is 10.1. The third kappa shape index (κ3) is 1.76. The summed E-state index contributed by atoms with van der Waals surface area (Å²) in [6.07, 6.45) is 1.75. The summed E-state index contributed by atoms with van der Waals surface area (Å²) in [6, 6.07) is 0. The van der Waals surface area contributed by atoms with Crippen LogP contribution >= 0.6 is 0 Å². The first-order chi connectivity index (χ1) is 5.56. The molecule has 0 aromatic carbocycles. The number of nitrogens with zero attached hydrogens (tertiary/aromatic N) is 1. The number of rotatable bonds is 1. The molecule has 12 heavy (non-hydrogen) atoms. The minimum atomic E-state index is -0.579. The van der Waals surface area contributed by atoms with Crippen LogP contribution in [0, 0.1) is 0 Å². The normalized spacial score (nSPS) is 29.9. The van der Waals surface area contributed by atoms with Gasteiger partial charge in [-0.15, -0.1) is 0 Å². The van der Waals surface area contributed by atoms with Gasteiger partial charge in [0.05, 0.1) is 6.61 Å². The van der Waals surface area contributed by atoms with E-state index >= 15 is 0 Å². The van der Waals surface area contributed by atoms with Crippen molar-refractivity contribution in [3.8, 4) is 0 Å². The number of amides is 1. The highest BCUT2D eigenvalue weighted by Gasteiger charge is 2.35. The minimum absolute atomic E-state index is 0.0111. The van der Waals surface area contributed by atoms with Gasteiger partial charge in [0.1, 0.15) is 0 Å². The molecule has 4 nitrogen and oxygen atoms in total. The Kier molecular flexibility index (Phi) is 2.69. The van der Waals surface area contributed by atoms with E-state index in [1.54, 1.807) is 11.9 Å². The highest BCUT2D eigenvalue weighted by Crippen LogP contribution is 2.25. The predicted molar refractivity (Wildman–Crippen MR) is 43.1 cm³/mol. The predicted octanol–water partition coefficient (Wildman–Crippen LogP) is 0.923. The third-order valence-corrected chi connectivity index (χ3v) is 2.29. The zero-order chi connectivity index (χ0) is 9.19. The lowest BCUT2D eigenvalue weighted by Gasteiger charge is -2.39. The maximum atomic E-state index is 11.0. The second kappa shape index (κ2) is 3.41. The fraction of sp³-hybridized carbons (Fsp3) is 0.875. The Hall–Kier alpha value is -0.610. The SMILES string of the molecule is CC(=O)N(C)C1(C)CCCOO1. The van der Waals surface area contributed by atoms with Crippen LogP contribution < -0.4 is 0 Å². The zero-order valence-electron chi connectivity index (χ0n) is 7.79. The van der Waals surface area contributed by atoms with Crippen LogP contribution in [0.25, 0.3) is 0 Å².